The molecule has 0 bridgehead atoms. The maximum absolute atomic E-state index is 5.88. The van der Waals surface area contributed by atoms with Gasteiger partial charge in [0.15, 0.2) is 0 Å². The van der Waals surface area contributed by atoms with Crippen molar-refractivity contribution in [3.8, 4) is 0 Å². The fourth-order valence-electron chi connectivity index (χ4n) is 2.73. The smallest absolute Gasteiger partial charge is 0.230 e. The molecule has 1 aromatic carbocycles. The molecule has 1 aromatic heterocycles. The van der Waals surface area contributed by atoms with Crippen LogP contribution in [-0.4, -0.2) is 34.8 Å². The molecule has 21 heavy (non-hydrogen) atoms. The van der Waals surface area contributed by atoms with Gasteiger partial charge in [-0.1, -0.05) is 30.3 Å². The van der Waals surface area contributed by atoms with Crippen LogP contribution in [0, 0.1) is 0 Å². The summed E-state index contributed by atoms with van der Waals surface area (Å²) in [5.74, 6) is 2.07. The topological polar surface area (TPSA) is 51.4 Å². The van der Waals surface area contributed by atoms with E-state index in [1.165, 1.54) is 18.4 Å². The highest BCUT2D eigenvalue weighted by Crippen LogP contribution is 2.39. The number of nitrogens with zero attached hydrogens (tertiary/aromatic N) is 3. The monoisotopic (exact) mass is 285 g/mol. The molecule has 5 nitrogen and oxygen atoms in total. The number of aromatic nitrogens is 2. The molecule has 1 atom stereocenters. The first-order chi connectivity index (χ1) is 10.4. The Kier molecular flexibility index (Phi) is 3.45. The molecule has 0 N–H and O–H groups in total. The van der Waals surface area contributed by atoms with Crippen LogP contribution in [0.3, 0.4) is 0 Å². The minimum atomic E-state index is 0.130. The summed E-state index contributed by atoms with van der Waals surface area (Å²) < 4.78 is 11.6. The van der Waals surface area contributed by atoms with Crippen LogP contribution in [0.15, 0.2) is 34.7 Å². The van der Waals surface area contributed by atoms with Gasteiger partial charge in [-0.3, -0.25) is 4.90 Å². The Bertz CT molecular complexity index is 595. The molecule has 1 unspecified atom stereocenters. The summed E-state index contributed by atoms with van der Waals surface area (Å²) >= 11 is 0. The van der Waals surface area contributed by atoms with E-state index in [1.807, 2.05) is 6.07 Å². The lowest BCUT2D eigenvalue weighted by molar-refractivity contribution is -0.0352. The minimum Gasteiger partial charge on any atom is -0.424 e. The third kappa shape index (κ3) is 2.99. The van der Waals surface area contributed by atoms with E-state index < -0.39 is 0 Å². The minimum absolute atomic E-state index is 0.130. The quantitative estimate of drug-likeness (QED) is 0.864. The Balaban J connectivity index is 1.40. The summed E-state index contributed by atoms with van der Waals surface area (Å²) in [7, 11) is 0. The highest BCUT2D eigenvalue weighted by Gasteiger charge is 2.30. The van der Waals surface area contributed by atoms with Gasteiger partial charge in [0.2, 0.25) is 11.8 Å². The number of rotatable bonds is 4. The van der Waals surface area contributed by atoms with Gasteiger partial charge in [0.05, 0.1) is 19.3 Å². The van der Waals surface area contributed by atoms with E-state index in [0.717, 1.165) is 31.5 Å². The Labute approximate surface area is 123 Å². The lowest BCUT2D eigenvalue weighted by Gasteiger charge is -2.32. The van der Waals surface area contributed by atoms with Gasteiger partial charge in [0.1, 0.15) is 0 Å². The molecule has 5 heteroatoms. The van der Waals surface area contributed by atoms with Crippen molar-refractivity contribution in [1.82, 2.24) is 15.1 Å². The first-order valence-corrected chi connectivity index (χ1v) is 7.59. The van der Waals surface area contributed by atoms with Crippen molar-refractivity contribution in [2.24, 2.45) is 0 Å². The summed E-state index contributed by atoms with van der Waals surface area (Å²) in [5.41, 5.74) is 1.23. The summed E-state index contributed by atoms with van der Waals surface area (Å²) in [5, 5.41) is 8.32. The summed E-state index contributed by atoms with van der Waals surface area (Å²) in [6, 6.07) is 10.4. The van der Waals surface area contributed by atoms with Gasteiger partial charge in [0.25, 0.3) is 0 Å². The highest BCUT2D eigenvalue weighted by atomic mass is 16.5. The highest BCUT2D eigenvalue weighted by molar-refractivity contribution is 5.18. The van der Waals surface area contributed by atoms with Crippen LogP contribution in [0.25, 0.3) is 0 Å². The average Bonchev–Trinajstić information content (AvgIpc) is 3.29. The maximum atomic E-state index is 5.88. The second-order valence-electron chi connectivity index (χ2n) is 5.81. The second-order valence-corrected chi connectivity index (χ2v) is 5.81. The summed E-state index contributed by atoms with van der Waals surface area (Å²) in [4.78, 5) is 2.32. The van der Waals surface area contributed by atoms with Crippen LogP contribution in [0.5, 0.6) is 0 Å². The largest absolute Gasteiger partial charge is 0.424 e. The van der Waals surface area contributed by atoms with Gasteiger partial charge >= 0.3 is 0 Å². The van der Waals surface area contributed by atoms with Crippen molar-refractivity contribution in [3.63, 3.8) is 0 Å². The third-order valence-electron chi connectivity index (χ3n) is 4.09. The zero-order valence-corrected chi connectivity index (χ0v) is 11.9. The van der Waals surface area contributed by atoms with Gasteiger partial charge < -0.3 is 9.15 Å². The molecule has 2 fully saturated rings. The molecule has 0 spiro atoms. The molecule has 0 amide bonds. The second kappa shape index (κ2) is 5.58. The van der Waals surface area contributed by atoms with Crippen molar-refractivity contribution in [1.29, 1.82) is 0 Å². The standard InChI is InChI=1S/C16H19N3O2/c1-2-4-12(5-3-1)14-10-19(8-9-20-14)11-15-17-18-16(21-15)13-6-7-13/h1-5,13-14H,6-11H2. The molecule has 2 aromatic rings. The molecule has 1 aliphatic heterocycles. The summed E-state index contributed by atoms with van der Waals surface area (Å²) in [6.07, 6.45) is 2.51. The molecule has 0 radical (unpaired) electrons. The summed E-state index contributed by atoms with van der Waals surface area (Å²) in [6.45, 7) is 3.23. The van der Waals surface area contributed by atoms with E-state index in [2.05, 4.69) is 39.4 Å². The molecule has 1 saturated carbocycles. The van der Waals surface area contributed by atoms with Crippen LogP contribution in [0.4, 0.5) is 0 Å². The maximum Gasteiger partial charge on any atom is 0.230 e. The zero-order chi connectivity index (χ0) is 14.1. The van der Waals surface area contributed by atoms with Crippen LogP contribution < -0.4 is 0 Å². The molecular formula is C16H19N3O2. The Morgan fingerprint density at radius 1 is 1.14 bits per heavy atom. The Morgan fingerprint density at radius 3 is 2.81 bits per heavy atom. The first kappa shape index (κ1) is 13.0. The first-order valence-electron chi connectivity index (χ1n) is 7.59. The molecule has 2 heterocycles. The van der Waals surface area contributed by atoms with Crippen molar-refractivity contribution in [2.45, 2.75) is 31.4 Å². The SMILES string of the molecule is c1ccc(C2CN(Cc3nnc(C4CC4)o3)CCO2)cc1. The van der Waals surface area contributed by atoms with Gasteiger partial charge in [-0.25, -0.2) is 0 Å². The number of hydrogen-bond donors (Lipinski definition) is 0. The van der Waals surface area contributed by atoms with Crippen LogP contribution in [-0.2, 0) is 11.3 Å². The van der Waals surface area contributed by atoms with Crippen molar-refractivity contribution >= 4 is 0 Å². The van der Waals surface area contributed by atoms with Gasteiger partial charge in [-0.15, -0.1) is 10.2 Å². The molecule has 1 aliphatic carbocycles. The van der Waals surface area contributed by atoms with Gasteiger partial charge in [-0.2, -0.15) is 0 Å². The van der Waals surface area contributed by atoms with E-state index in [-0.39, 0.29) is 6.10 Å². The lowest BCUT2D eigenvalue weighted by atomic mass is 10.1. The Hall–Kier alpha value is -1.72. The van der Waals surface area contributed by atoms with Crippen molar-refractivity contribution in [3.05, 3.63) is 47.7 Å². The van der Waals surface area contributed by atoms with Gasteiger partial charge in [0, 0.05) is 19.0 Å². The van der Waals surface area contributed by atoms with Crippen molar-refractivity contribution < 1.29 is 9.15 Å². The van der Waals surface area contributed by atoms with E-state index in [4.69, 9.17) is 9.15 Å². The van der Waals surface area contributed by atoms with Crippen LogP contribution >= 0.6 is 0 Å². The fraction of sp³-hybridized carbons (Fsp3) is 0.500. The normalized spacial score (nSPS) is 23.3. The number of hydrogen-bond acceptors (Lipinski definition) is 5. The third-order valence-corrected chi connectivity index (χ3v) is 4.09. The molecule has 1 saturated heterocycles. The number of morpholine rings is 1. The fourth-order valence-corrected chi connectivity index (χ4v) is 2.73. The number of benzene rings is 1. The van der Waals surface area contributed by atoms with Crippen molar-refractivity contribution in [2.75, 3.05) is 19.7 Å². The van der Waals surface area contributed by atoms with E-state index in [0.29, 0.717) is 12.5 Å². The van der Waals surface area contributed by atoms with E-state index in [9.17, 15) is 0 Å². The molecule has 4 rings (SSSR count). The van der Waals surface area contributed by atoms with E-state index in [1.54, 1.807) is 0 Å². The van der Waals surface area contributed by atoms with E-state index >= 15 is 0 Å². The zero-order valence-electron chi connectivity index (χ0n) is 11.9. The molecule has 2 aliphatic rings. The van der Waals surface area contributed by atoms with Crippen LogP contribution in [0.2, 0.25) is 0 Å². The average molecular weight is 285 g/mol. The molecular weight excluding hydrogens is 266 g/mol. The van der Waals surface area contributed by atoms with Crippen LogP contribution in [0.1, 0.15) is 42.2 Å². The van der Waals surface area contributed by atoms with Gasteiger partial charge in [-0.05, 0) is 18.4 Å². The molecule has 110 valence electrons. The predicted octanol–water partition coefficient (Wildman–Crippen LogP) is 2.52. The lowest BCUT2D eigenvalue weighted by Crippen LogP contribution is -2.37. The number of ether oxygens (including phenoxy) is 1. The predicted molar refractivity (Wildman–Crippen MR) is 76.7 cm³/mol. The Morgan fingerprint density at radius 2 is 2.00 bits per heavy atom.